The predicted octanol–water partition coefficient (Wildman–Crippen LogP) is 4.28. The summed E-state index contributed by atoms with van der Waals surface area (Å²) in [7, 11) is 2.63. The Kier molecular flexibility index (Phi) is 10.6. The van der Waals surface area contributed by atoms with E-state index in [0.29, 0.717) is 36.8 Å². The second-order valence-electron chi connectivity index (χ2n) is 8.55. The first-order valence-corrected chi connectivity index (χ1v) is 11.0. The third kappa shape index (κ3) is 6.68. The number of methoxy groups -OCH3 is 2. The van der Waals surface area contributed by atoms with Crippen LogP contribution in [0.2, 0.25) is 0 Å². The Morgan fingerprint density at radius 1 is 0.688 bits per heavy atom. The number of carbonyl (C=O) groups is 4. The number of hydrogen-bond acceptors (Lipinski definition) is 6. The lowest BCUT2D eigenvalue weighted by molar-refractivity contribution is -0.150. The lowest BCUT2D eigenvalue weighted by Crippen LogP contribution is -2.29. The predicted molar refractivity (Wildman–Crippen MR) is 118 cm³/mol. The van der Waals surface area contributed by atoms with Crippen LogP contribution in [0.25, 0.3) is 0 Å². The zero-order chi connectivity index (χ0) is 24.4. The SMILES string of the molecule is C/C=C(/CC1(C(=O)O)CCCC1)C(=O)OC.C/C=C(\CC1(C(=O)O)CCCC1)C(=O)OC. The molecule has 0 bridgehead atoms. The fourth-order valence-electron chi connectivity index (χ4n) is 4.61. The van der Waals surface area contributed by atoms with Gasteiger partial charge in [-0.1, -0.05) is 37.8 Å². The van der Waals surface area contributed by atoms with Crippen LogP contribution in [-0.4, -0.2) is 48.3 Å². The number of ether oxygens (including phenoxy) is 2. The summed E-state index contributed by atoms with van der Waals surface area (Å²) in [6, 6.07) is 0. The summed E-state index contributed by atoms with van der Waals surface area (Å²) < 4.78 is 9.28. The summed E-state index contributed by atoms with van der Waals surface area (Å²) in [5.41, 5.74) is -0.579. The Morgan fingerprint density at radius 3 is 1.16 bits per heavy atom. The molecule has 2 fully saturated rings. The van der Waals surface area contributed by atoms with Gasteiger partial charge in [0.1, 0.15) is 0 Å². The number of rotatable bonds is 8. The minimum Gasteiger partial charge on any atom is -0.481 e. The first-order chi connectivity index (χ1) is 15.1. The molecule has 0 aromatic rings. The number of carbonyl (C=O) groups excluding carboxylic acids is 2. The number of hydrogen-bond donors (Lipinski definition) is 2. The van der Waals surface area contributed by atoms with Crippen molar-refractivity contribution in [1.29, 1.82) is 0 Å². The Balaban J connectivity index is 0.000000320. The number of carboxylic acids is 2. The molecular formula is C24H36O8. The zero-order valence-electron chi connectivity index (χ0n) is 19.6. The van der Waals surface area contributed by atoms with Crippen LogP contribution in [-0.2, 0) is 28.7 Å². The highest BCUT2D eigenvalue weighted by atomic mass is 16.5. The third-order valence-corrected chi connectivity index (χ3v) is 6.68. The molecule has 0 radical (unpaired) electrons. The molecule has 0 amide bonds. The number of esters is 2. The minimum absolute atomic E-state index is 0.283. The largest absolute Gasteiger partial charge is 0.481 e. The number of allylic oxidation sites excluding steroid dienone is 2. The molecule has 2 N–H and O–H groups in total. The van der Waals surface area contributed by atoms with Crippen LogP contribution in [0, 0.1) is 10.8 Å². The summed E-state index contributed by atoms with van der Waals surface area (Å²) >= 11 is 0. The molecule has 8 nitrogen and oxygen atoms in total. The highest BCUT2D eigenvalue weighted by Crippen LogP contribution is 2.44. The topological polar surface area (TPSA) is 127 Å². The van der Waals surface area contributed by atoms with Gasteiger partial charge in [0.15, 0.2) is 0 Å². The van der Waals surface area contributed by atoms with Gasteiger partial charge in [0, 0.05) is 11.1 Å². The van der Waals surface area contributed by atoms with E-state index in [9.17, 15) is 29.4 Å². The summed E-state index contributed by atoms with van der Waals surface area (Å²) in [4.78, 5) is 45.4. The lowest BCUT2D eigenvalue weighted by atomic mass is 9.80. The Bertz CT molecular complexity index is 686. The molecule has 2 rings (SSSR count). The van der Waals surface area contributed by atoms with Crippen molar-refractivity contribution >= 4 is 23.9 Å². The van der Waals surface area contributed by atoms with Crippen molar-refractivity contribution in [2.75, 3.05) is 14.2 Å². The monoisotopic (exact) mass is 452 g/mol. The van der Waals surface area contributed by atoms with E-state index in [-0.39, 0.29) is 12.8 Å². The first-order valence-electron chi connectivity index (χ1n) is 11.0. The van der Waals surface area contributed by atoms with Gasteiger partial charge in [-0.3, -0.25) is 9.59 Å². The van der Waals surface area contributed by atoms with Crippen molar-refractivity contribution in [2.45, 2.75) is 78.1 Å². The molecule has 8 heteroatoms. The Labute approximate surface area is 189 Å². The molecular weight excluding hydrogens is 416 g/mol. The van der Waals surface area contributed by atoms with E-state index in [1.54, 1.807) is 26.0 Å². The van der Waals surface area contributed by atoms with Gasteiger partial charge in [-0.15, -0.1) is 0 Å². The van der Waals surface area contributed by atoms with Crippen LogP contribution in [0.15, 0.2) is 23.3 Å². The molecule has 2 saturated carbocycles. The first kappa shape index (κ1) is 27.4. The maximum absolute atomic E-state index is 11.4. The fraction of sp³-hybridized carbons (Fsp3) is 0.667. The van der Waals surface area contributed by atoms with E-state index in [2.05, 4.69) is 9.47 Å². The van der Waals surface area contributed by atoms with Gasteiger partial charge in [0.2, 0.25) is 0 Å². The average molecular weight is 453 g/mol. The van der Waals surface area contributed by atoms with Crippen LogP contribution in [0.5, 0.6) is 0 Å². The second-order valence-corrected chi connectivity index (χ2v) is 8.55. The van der Waals surface area contributed by atoms with Gasteiger partial charge < -0.3 is 19.7 Å². The van der Waals surface area contributed by atoms with Crippen molar-refractivity contribution in [3.63, 3.8) is 0 Å². The van der Waals surface area contributed by atoms with Gasteiger partial charge in [-0.05, 0) is 52.4 Å². The minimum atomic E-state index is -0.798. The van der Waals surface area contributed by atoms with Gasteiger partial charge in [0.05, 0.1) is 25.0 Å². The van der Waals surface area contributed by atoms with Gasteiger partial charge in [-0.25, -0.2) is 9.59 Å². The molecule has 180 valence electrons. The Morgan fingerprint density at radius 2 is 0.969 bits per heavy atom. The van der Waals surface area contributed by atoms with Crippen molar-refractivity contribution in [3.05, 3.63) is 23.3 Å². The second kappa shape index (κ2) is 12.4. The van der Waals surface area contributed by atoms with E-state index in [4.69, 9.17) is 0 Å². The van der Waals surface area contributed by atoms with Gasteiger partial charge in [-0.2, -0.15) is 0 Å². The van der Waals surface area contributed by atoms with E-state index >= 15 is 0 Å². The van der Waals surface area contributed by atoms with Crippen LogP contribution >= 0.6 is 0 Å². The Hall–Kier alpha value is -2.64. The number of carboxylic acid groups (broad SMARTS) is 2. The zero-order valence-corrected chi connectivity index (χ0v) is 19.6. The summed E-state index contributed by atoms with van der Waals surface area (Å²) in [5, 5.41) is 18.6. The highest BCUT2D eigenvalue weighted by Gasteiger charge is 2.43. The lowest BCUT2D eigenvalue weighted by Gasteiger charge is -2.24. The van der Waals surface area contributed by atoms with Gasteiger partial charge in [0.25, 0.3) is 0 Å². The van der Waals surface area contributed by atoms with Crippen molar-refractivity contribution in [1.82, 2.24) is 0 Å². The van der Waals surface area contributed by atoms with E-state index in [1.807, 2.05) is 0 Å². The standard InChI is InChI=1S/2C12H18O4/c2*1-3-9(10(13)16-2)8-12(11(14)15)6-4-5-7-12/h2*3H,4-8H2,1-2H3,(H,14,15)/b9-3+;9-3-. The third-order valence-electron chi connectivity index (χ3n) is 6.68. The molecule has 0 atom stereocenters. The molecule has 0 spiro atoms. The quantitative estimate of drug-likeness (QED) is 0.413. The summed E-state index contributed by atoms with van der Waals surface area (Å²) in [5.74, 6) is -2.44. The maximum Gasteiger partial charge on any atom is 0.333 e. The van der Waals surface area contributed by atoms with Crippen molar-refractivity contribution in [2.24, 2.45) is 10.8 Å². The van der Waals surface area contributed by atoms with E-state index in [0.717, 1.165) is 25.7 Å². The molecule has 0 unspecified atom stereocenters. The van der Waals surface area contributed by atoms with Crippen molar-refractivity contribution in [3.8, 4) is 0 Å². The van der Waals surface area contributed by atoms with Crippen LogP contribution in [0.1, 0.15) is 78.1 Å². The molecule has 0 aromatic heterocycles. The average Bonchev–Trinajstić information content (AvgIpc) is 3.46. The van der Waals surface area contributed by atoms with Crippen LogP contribution in [0.3, 0.4) is 0 Å². The summed E-state index contributed by atoms with van der Waals surface area (Å²) in [6.45, 7) is 3.47. The molecule has 0 aliphatic heterocycles. The normalized spacial score (nSPS) is 19.5. The number of aliphatic carboxylic acids is 2. The van der Waals surface area contributed by atoms with Crippen LogP contribution < -0.4 is 0 Å². The van der Waals surface area contributed by atoms with E-state index in [1.165, 1.54) is 14.2 Å². The highest BCUT2D eigenvalue weighted by molar-refractivity contribution is 5.90. The molecule has 0 aromatic carbocycles. The molecule has 2 aliphatic carbocycles. The summed E-state index contributed by atoms with van der Waals surface area (Å²) in [6.07, 6.45) is 10.1. The molecule has 0 saturated heterocycles. The molecule has 0 heterocycles. The molecule has 32 heavy (non-hydrogen) atoms. The van der Waals surface area contributed by atoms with Crippen LogP contribution in [0.4, 0.5) is 0 Å². The van der Waals surface area contributed by atoms with Crippen molar-refractivity contribution < 1.29 is 38.9 Å². The maximum atomic E-state index is 11.4. The van der Waals surface area contributed by atoms with Gasteiger partial charge >= 0.3 is 23.9 Å². The fourth-order valence-corrected chi connectivity index (χ4v) is 4.61. The molecule has 2 aliphatic rings. The smallest absolute Gasteiger partial charge is 0.333 e. The van der Waals surface area contributed by atoms with E-state index < -0.39 is 34.7 Å².